The monoisotopic (exact) mass is 375 g/mol. The third kappa shape index (κ3) is 3.69. The number of hydrogen-bond acceptors (Lipinski definition) is 8. The Labute approximate surface area is 143 Å². The van der Waals surface area contributed by atoms with Crippen LogP contribution in [0.25, 0.3) is 10.2 Å². The van der Waals surface area contributed by atoms with Crippen LogP contribution in [-0.4, -0.2) is 64.5 Å². The van der Waals surface area contributed by atoms with Gasteiger partial charge in [0.2, 0.25) is 5.78 Å². The van der Waals surface area contributed by atoms with Gasteiger partial charge in [-0.2, -0.15) is 13.2 Å². The van der Waals surface area contributed by atoms with Gasteiger partial charge in [-0.25, -0.2) is 9.97 Å². The Balaban J connectivity index is 1.72. The van der Waals surface area contributed by atoms with Crippen molar-refractivity contribution in [1.82, 2.24) is 14.9 Å². The highest BCUT2D eigenvalue weighted by atomic mass is 32.1. The second-order valence-electron chi connectivity index (χ2n) is 5.44. The maximum atomic E-state index is 12.3. The van der Waals surface area contributed by atoms with E-state index in [-0.39, 0.29) is 18.1 Å². The Morgan fingerprint density at radius 3 is 2.56 bits per heavy atom. The number of aromatic nitrogens is 2. The van der Waals surface area contributed by atoms with Crippen LogP contribution < -0.4 is 4.90 Å². The smallest absolute Gasteiger partial charge is 0.353 e. The van der Waals surface area contributed by atoms with Gasteiger partial charge in [-0.05, 0) is 11.3 Å². The first-order chi connectivity index (χ1) is 11.8. The number of fused-ring (bicyclic) bond motifs is 1. The van der Waals surface area contributed by atoms with Gasteiger partial charge in [0.15, 0.2) is 0 Å². The fraction of sp³-hybridized carbons (Fsp3) is 0.462. The van der Waals surface area contributed by atoms with E-state index >= 15 is 0 Å². The highest BCUT2D eigenvalue weighted by Gasteiger charge is 2.39. The number of anilines is 1. The van der Waals surface area contributed by atoms with Gasteiger partial charge in [0, 0.05) is 32.2 Å². The number of nitrogens with zero attached hydrogens (tertiary/aromatic N) is 5. The first-order valence-electron chi connectivity index (χ1n) is 7.22. The lowest BCUT2D eigenvalue weighted by Gasteiger charge is -2.35. The number of carbonyl (C=O) groups is 1. The molecule has 0 bridgehead atoms. The summed E-state index contributed by atoms with van der Waals surface area (Å²) < 4.78 is 37.0. The van der Waals surface area contributed by atoms with Gasteiger partial charge >= 0.3 is 11.2 Å². The van der Waals surface area contributed by atoms with E-state index in [4.69, 9.17) is 0 Å². The van der Waals surface area contributed by atoms with Crippen molar-refractivity contribution in [2.45, 2.75) is 6.18 Å². The summed E-state index contributed by atoms with van der Waals surface area (Å²) in [6.45, 7) is 0.585. The van der Waals surface area contributed by atoms with Crippen LogP contribution in [0.15, 0.2) is 12.4 Å². The molecule has 1 saturated heterocycles. The van der Waals surface area contributed by atoms with Crippen molar-refractivity contribution < 1.29 is 22.9 Å². The summed E-state index contributed by atoms with van der Waals surface area (Å²) in [5.74, 6) is -1.25. The zero-order valence-corrected chi connectivity index (χ0v) is 13.5. The summed E-state index contributed by atoms with van der Waals surface area (Å²) in [5, 5.41) is 11.4. The van der Waals surface area contributed by atoms with Crippen LogP contribution in [0.4, 0.5) is 24.0 Å². The van der Waals surface area contributed by atoms with Gasteiger partial charge in [0.05, 0.1) is 16.9 Å². The lowest BCUT2D eigenvalue weighted by atomic mass is 10.2. The van der Waals surface area contributed by atoms with Crippen LogP contribution in [-0.2, 0) is 4.79 Å². The van der Waals surface area contributed by atoms with Gasteiger partial charge in [-0.15, -0.1) is 0 Å². The second kappa shape index (κ2) is 6.52. The topological polar surface area (TPSA) is 92.5 Å². The largest absolute Gasteiger partial charge is 0.451 e. The summed E-state index contributed by atoms with van der Waals surface area (Å²) in [4.78, 5) is 33.4. The van der Waals surface area contributed by atoms with E-state index in [0.29, 0.717) is 29.1 Å². The molecule has 1 fully saturated rings. The molecule has 0 aromatic carbocycles. The van der Waals surface area contributed by atoms with Gasteiger partial charge in [-0.3, -0.25) is 19.8 Å². The summed E-state index contributed by atoms with van der Waals surface area (Å²) in [5.41, 5.74) is 0. The molecule has 3 heterocycles. The average molecular weight is 375 g/mol. The van der Waals surface area contributed by atoms with Crippen LogP contribution in [0.5, 0.6) is 0 Å². The quantitative estimate of drug-likeness (QED) is 0.595. The molecule has 0 radical (unpaired) electrons. The van der Waals surface area contributed by atoms with Crippen LogP contribution in [0.2, 0.25) is 0 Å². The third-order valence-corrected chi connectivity index (χ3v) is 4.83. The number of ketones is 1. The van der Waals surface area contributed by atoms with Crippen molar-refractivity contribution in [1.29, 1.82) is 0 Å². The minimum Gasteiger partial charge on any atom is -0.353 e. The molecule has 25 heavy (non-hydrogen) atoms. The molecule has 0 saturated carbocycles. The Bertz CT molecular complexity index is 817. The highest BCUT2D eigenvalue weighted by Crippen LogP contribution is 2.34. The normalized spacial score (nSPS) is 16.4. The van der Waals surface area contributed by atoms with Crippen molar-refractivity contribution in [2.75, 3.05) is 37.6 Å². The standard InChI is InChI=1S/C13H12F3N5O3S/c14-13(15,16)9(22)6-19-1-3-20(4-2-19)11-8-5-10(21(23)24)25-12(8)18-7-17-11/h5,7H,1-4,6H2. The van der Waals surface area contributed by atoms with Crippen LogP contribution in [0.3, 0.4) is 0 Å². The Morgan fingerprint density at radius 1 is 1.28 bits per heavy atom. The molecule has 8 nitrogen and oxygen atoms in total. The van der Waals surface area contributed by atoms with Crippen molar-refractivity contribution in [3.63, 3.8) is 0 Å². The Hall–Kier alpha value is -2.34. The van der Waals surface area contributed by atoms with Gasteiger partial charge < -0.3 is 4.90 Å². The number of piperazine rings is 1. The molecule has 0 amide bonds. The van der Waals surface area contributed by atoms with E-state index in [0.717, 1.165) is 11.3 Å². The maximum Gasteiger partial charge on any atom is 0.451 e. The number of hydrogen-bond donors (Lipinski definition) is 0. The molecule has 3 rings (SSSR count). The van der Waals surface area contributed by atoms with Crippen LogP contribution >= 0.6 is 11.3 Å². The molecular formula is C13H12F3N5O3S. The molecule has 1 aliphatic rings. The molecule has 0 spiro atoms. The lowest BCUT2D eigenvalue weighted by molar-refractivity contribution is -0.380. The number of Topliss-reactive ketones (excluding diaryl/α,β-unsaturated/α-hetero) is 1. The Morgan fingerprint density at radius 2 is 1.96 bits per heavy atom. The number of alkyl halides is 3. The van der Waals surface area contributed by atoms with Crippen LogP contribution in [0.1, 0.15) is 0 Å². The van der Waals surface area contributed by atoms with Crippen molar-refractivity contribution in [2.24, 2.45) is 0 Å². The molecule has 1 aliphatic heterocycles. The number of halogens is 3. The highest BCUT2D eigenvalue weighted by molar-refractivity contribution is 7.21. The van der Waals surface area contributed by atoms with E-state index in [1.165, 1.54) is 17.3 Å². The minimum atomic E-state index is -4.83. The van der Waals surface area contributed by atoms with Gasteiger partial charge in [0.1, 0.15) is 17.0 Å². The van der Waals surface area contributed by atoms with Crippen LogP contribution in [0, 0.1) is 10.1 Å². The molecule has 12 heteroatoms. The molecule has 0 N–H and O–H groups in total. The summed E-state index contributed by atoms with van der Waals surface area (Å²) >= 11 is 0.938. The Kier molecular flexibility index (Phi) is 4.56. The van der Waals surface area contributed by atoms with Crippen molar-refractivity contribution in [3.8, 4) is 0 Å². The summed E-state index contributed by atoms with van der Waals surface area (Å²) in [6, 6.07) is 1.40. The van der Waals surface area contributed by atoms with E-state index in [2.05, 4.69) is 9.97 Å². The lowest BCUT2D eigenvalue weighted by Crippen LogP contribution is -2.49. The van der Waals surface area contributed by atoms with Gasteiger partial charge in [-0.1, -0.05) is 0 Å². The fourth-order valence-corrected chi connectivity index (χ4v) is 3.39. The van der Waals surface area contributed by atoms with E-state index < -0.39 is 23.4 Å². The van der Waals surface area contributed by atoms with E-state index in [1.807, 2.05) is 4.90 Å². The predicted octanol–water partition coefficient (Wildman–Crippen LogP) is 1.85. The maximum absolute atomic E-state index is 12.3. The number of carbonyl (C=O) groups excluding carboxylic acids is 1. The van der Waals surface area contributed by atoms with E-state index in [1.54, 1.807) is 0 Å². The summed E-state index contributed by atoms with van der Waals surface area (Å²) in [7, 11) is 0. The number of rotatable bonds is 4. The number of nitro groups is 1. The SMILES string of the molecule is O=C(CN1CCN(c2ncnc3sc([N+](=O)[O-])cc23)CC1)C(F)(F)F. The summed E-state index contributed by atoms with van der Waals surface area (Å²) in [6.07, 6.45) is -3.52. The second-order valence-corrected chi connectivity index (χ2v) is 6.45. The first-order valence-corrected chi connectivity index (χ1v) is 8.03. The molecular weight excluding hydrogens is 363 g/mol. The van der Waals surface area contributed by atoms with Crippen molar-refractivity contribution in [3.05, 3.63) is 22.5 Å². The van der Waals surface area contributed by atoms with E-state index in [9.17, 15) is 28.1 Å². The molecule has 2 aromatic rings. The molecule has 0 unspecified atom stereocenters. The molecule has 0 atom stereocenters. The average Bonchev–Trinajstić information content (AvgIpc) is 2.99. The molecule has 2 aromatic heterocycles. The predicted molar refractivity (Wildman–Crippen MR) is 83.8 cm³/mol. The minimum absolute atomic E-state index is 0.0499. The van der Waals surface area contributed by atoms with Crippen molar-refractivity contribution >= 4 is 38.2 Å². The van der Waals surface area contributed by atoms with Gasteiger partial charge in [0.25, 0.3) is 0 Å². The fourth-order valence-electron chi connectivity index (χ4n) is 2.58. The zero-order chi connectivity index (χ0) is 18.2. The number of thiophene rings is 1. The molecule has 134 valence electrons. The molecule has 0 aliphatic carbocycles. The zero-order valence-electron chi connectivity index (χ0n) is 12.7. The first kappa shape index (κ1) is 17.5. The third-order valence-electron chi connectivity index (χ3n) is 3.83.